The molecule has 0 amide bonds. The number of fused-ring (bicyclic) bond motifs is 3. The molecule has 0 saturated heterocycles. The van der Waals surface area contributed by atoms with Gasteiger partial charge in [0.15, 0.2) is 0 Å². The molecule has 3 aromatic carbocycles. The number of thiophene rings is 1. The van der Waals surface area contributed by atoms with E-state index in [0.717, 1.165) is 0 Å². The van der Waals surface area contributed by atoms with E-state index in [0.29, 0.717) is 0 Å². The molecule has 0 bridgehead atoms. The molecular formula is C37H46SSn. The molecule has 5 rings (SSSR count). The molecule has 204 valence electrons. The number of hydrogen-bond donors (Lipinski definition) is 0. The summed E-state index contributed by atoms with van der Waals surface area (Å²) in [6.07, 6.45) is 8.18. The summed E-state index contributed by atoms with van der Waals surface area (Å²) in [5.41, 5.74) is 9.69. The zero-order valence-corrected chi connectivity index (χ0v) is 28.4. The predicted octanol–water partition coefficient (Wildman–Crippen LogP) is 10.8. The van der Waals surface area contributed by atoms with Crippen molar-refractivity contribution in [1.29, 1.82) is 0 Å². The average Bonchev–Trinajstić information content (AvgIpc) is 3.52. The van der Waals surface area contributed by atoms with Gasteiger partial charge < -0.3 is 0 Å². The van der Waals surface area contributed by atoms with Crippen LogP contribution >= 0.6 is 11.3 Å². The third-order valence-electron chi connectivity index (χ3n) is 9.23. The summed E-state index contributed by atoms with van der Waals surface area (Å²) < 4.78 is 6.42. The second kappa shape index (κ2) is 12.4. The van der Waals surface area contributed by atoms with Gasteiger partial charge in [0.1, 0.15) is 0 Å². The molecular weight excluding hydrogens is 595 g/mol. The summed E-state index contributed by atoms with van der Waals surface area (Å²) in [6, 6.07) is 30.9. The van der Waals surface area contributed by atoms with Gasteiger partial charge in [-0.1, -0.05) is 0 Å². The summed E-state index contributed by atoms with van der Waals surface area (Å²) in [5.74, 6) is 0. The molecule has 0 fully saturated rings. The van der Waals surface area contributed by atoms with Gasteiger partial charge in [0, 0.05) is 0 Å². The Bertz CT molecular complexity index is 1310. The Kier molecular flexibility index (Phi) is 9.08. The fourth-order valence-electron chi connectivity index (χ4n) is 6.97. The van der Waals surface area contributed by atoms with Gasteiger partial charge in [0.2, 0.25) is 0 Å². The molecule has 0 atom stereocenters. The Morgan fingerprint density at radius 1 is 0.615 bits per heavy atom. The third kappa shape index (κ3) is 5.19. The van der Waals surface area contributed by atoms with Crippen molar-refractivity contribution in [3.63, 3.8) is 0 Å². The van der Waals surface area contributed by atoms with Crippen molar-refractivity contribution < 1.29 is 0 Å². The van der Waals surface area contributed by atoms with E-state index in [1.165, 1.54) is 85.2 Å². The molecule has 0 N–H and O–H groups in total. The number of aryl methyl sites for hydroxylation is 2. The van der Waals surface area contributed by atoms with Gasteiger partial charge >= 0.3 is 247 Å². The van der Waals surface area contributed by atoms with Crippen molar-refractivity contribution >= 4 is 32.6 Å². The maximum atomic E-state index is 2.77. The fraction of sp³-hybridized carbons (Fsp3) is 0.405. The van der Waals surface area contributed by atoms with E-state index in [1.54, 1.807) is 10.4 Å². The summed E-state index contributed by atoms with van der Waals surface area (Å²) in [5, 5.41) is 0. The molecule has 0 saturated carbocycles. The number of hydrogen-bond acceptors (Lipinski definition) is 1. The SMILES string of the molecule is CCC[CH2][Sn]([CH2]CCC)([CH2]CCC)[c]1cc2c(s1)-c1ccccc1C2(c1ccc(C)cc1)c1ccc(C)cc1. The van der Waals surface area contributed by atoms with Gasteiger partial charge in [-0.25, -0.2) is 0 Å². The molecule has 1 aliphatic rings. The Labute approximate surface area is 245 Å². The van der Waals surface area contributed by atoms with Gasteiger partial charge in [-0.3, -0.25) is 0 Å². The Morgan fingerprint density at radius 3 is 1.59 bits per heavy atom. The first-order valence-corrected chi connectivity index (χ1v) is 23.7. The average molecular weight is 642 g/mol. The predicted molar refractivity (Wildman–Crippen MR) is 176 cm³/mol. The molecule has 2 heteroatoms. The first-order valence-electron chi connectivity index (χ1n) is 15.4. The van der Waals surface area contributed by atoms with Crippen LogP contribution in [0.25, 0.3) is 10.4 Å². The molecule has 0 aliphatic heterocycles. The summed E-state index contributed by atoms with van der Waals surface area (Å²) in [6.45, 7) is 11.6. The van der Waals surface area contributed by atoms with Crippen molar-refractivity contribution in [2.45, 2.75) is 91.9 Å². The normalized spacial score (nSPS) is 13.9. The second-order valence-corrected chi connectivity index (χ2v) is 27.2. The van der Waals surface area contributed by atoms with Crippen LogP contribution in [-0.4, -0.2) is 18.4 Å². The van der Waals surface area contributed by atoms with Gasteiger partial charge in [0.05, 0.1) is 0 Å². The second-order valence-electron chi connectivity index (χ2n) is 12.0. The number of rotatable bonds is 12. The van der Waals surface area contributed by atoms with Crippen molar-refractivity contribution in [1.82, 2.24) is 0 Å². The Hall–Kier alpha value is -1.84. The van der Waals surface area contributed by atoms with E-state index in [9.17, 15) is 0 Å². The molecule has 1 heterocycles. The Morgan fingerprint density at radius 2 is 1.10 bits per heavy atom. The summed E-state index contributed by atoms with van der Waals surface area (Å²) >= 11 is -0.372. The molecule has 0 unspecified atom stereocenters. The fourth-order valence-corrected chi connectivity index (χ4v) is 27.3. The van der Waals surface area contributed by atoms with Gasteiger partial charge in [-0.15, -0.1) is 0 Å². The van der Waals surface area contributed by atoms with Gasteiger partial charge in [0.25, 0.3) is 0 Å². The van der Waals surface area contributed by atoms with Crippen LogP contribution in [-0.2, 0) is 5.41 Å². The first kappa shape index (κ1) is 28.7. The zero-order chi connectivity index (χ0) is 27.5. The standard InChI is InChI=1S/C25H19S.3C4H9.Sn/c1-17-7-11-19(12-8-17)25(20-13-9-18(2)10-14-20)22-6-4-3-5-21(22)24-23(25)15-16-26-24;3*1-3-4-2;/h3-15H,1-2H3;3*1,3-4H2,2H3;. The van der Waals surface area contributed by atoms with E-state index < -0.39 is 18.4 Å². The topological polar surface area (TPSA) is 0 Å². The van der Waals surface area contributed by atoms with Crippen LogP contribution in [0.2, 0.25) is 13.3 Å². The van der Waals surface area contributed by atoms with Crippen LogP contribution in [0.15, 0.2) is 78.9 Å². The number of unbranched alkanes of at least 4 members (excludes halogenated alkanes) is 3. The molecule has 4 aromatic rings. The van der Waals surface area contributed by atoms with Crippen LogP contribution < -0.4 is 2.89 Å². The number of benzene rings is 3. The van der Waals surface area contributed by atoms with Crippen LogP contribution in [0.4, 0.5) is 0 Å². The van der Waals surface area contributed by atoms with E-state index in [1.807, 2.05) is 2.89 Å². The molecule has 0 nitrogen and oxygen atoms in total. The quantitative estimate of drug-likeness (QED) is 0.119. The van der Waals surface area contributed by atoms with Crippen molar-refractivity contribution in [3.8, 4) is 10.4 Å². The van der Waals surface area contributed by atoms with Crippen LogP contribution in [0.5, 0.6) is 0 Å². The maximum absolute atomic E-state index is 2.77. The van der Waals surface area contributed by atoms with Crippen LogP contribution in [0.1, 0.15) is 92.7 Å². The van der Waals surface area contributed by atoms with Crippen LogP contribution in [0, 0.1) is 13.8 Å². The first-order chi connectivity index (χ1) is 19.0. The summed E-state index contributed by atoms with van der Waals surface area (Å²) in [7, 11) is 0. The van der Waals surface area contributed by atoms with Gasteiger partial charge in [-0.2, -0.15) is 0 Å². The molecule has 0 radical (unpaired) electrons. The van der Waals surface area contributed by atoms with E-state index >= 15 is 0 Å². The Balaban J connectivity index is 1.80. The third-order valence-corrected chi connectivity index (χ3v) is 28.6. The van der Waals surface area contributed by atoms with Crippen LogP contribution in [0.3, 0.4) is 0 Å². The summed E-state index contributed by atoms with van der Waals surface area (Å²) in [4.78, 5) is 1.55. The molecule has 1 aliphatic carbocycles. The molecule has 39 heavy (non-hydrogen) atoms. The van der Waals surface area contributed by atoms with E-state index in [2.05, 4.69) is 125 Å². The van der Waals surface area contributed by atoms with Crippen molar-refractivity contribution in [2.24, 2.45) is 0 Å². The minimum absolute atomic E-state index is 0.250. The van der Waals surface area contributed by atoms with Crippen molar-refractivity contribution in [2.75, 3.05) is 0 Å². The molecule has 1 aromatic heterocycles. The van der Waals surface area contributed by atoms with E-state index in [4.69, 9.17) is 0 Å². The zero-order valence-electron chi connectivity index (χ0n) is 24.8. The van der Waals surface area contributed by atoms with E-state index in [-0.39, 0.29) is 5.41 Å². The minimum atomic E-state index is -2.59. The monoisotopic (exact) mass is 642 g/mol. The van der Waals surface area contributed by atoms with Gasteiger partial charge in [-0.05, 0) is 0 Å². The van der Waals surface area contributed by atoms with Crippen molar-refractivity contribution in [3.05, 3.63) is 112 Å². The molecule has 0 spiro atoms.